The summed E-state index contributed by atoms with van der Waals surface area (Å²) in [6, 6.07) is 17.5. The molecule has 0 bridgehead atoms. The highest BCUT2D eigenvalue weighted by molar-refractivity contribution is 5.88. The molecule has 1 unspecified atom stereocenters. The molecule has 1 atom stereocenters. The number of oxime groups is 1. The van der Waals surface area contributed by atoms with Crippen LogP contribution in [0.1, 0.15) is 52.6 Å². The third kappa shape index (κ3) is 8.27. The van der Waals surface area contributed by atoms with Gasteiger partial charge in [-0.15, -0.1) is 0 Å². The molecule has 0 aromatic heterocycles. The Bertz CT molecular complexity index is 1190. The van der Waals surface area contributed by atoms with Gasteiger partial charge in [0.05, 0.1) is 12.1 Å². The number of nitrogens with one attached hydrogen (secondary N) is 1. The van der Waals surface area contributed by atoms with E-state index in [9.17, 15) is 13.6 Å². The first-order valence-corrected chi connectivity index (χ1v) is 11.9. The number of halogens is 2. The predicted octanol–water partition coefficient (Wildman–Crippen LogP) is 6.06. The van der Waals surface area contributed by atoms with Gasteiger partial charge in [0, 0.05) is 25.1 Å². The number of rotatable bonds is 12. The lowest BCUT2D eigenvalue weighted by Crippen LogP contribution is -2.17. The quantitative estimate of drug-likeness (QED) is 0.182. The van der Waals surface area contributed by atoms with Crippen LogP contribution in [0.15, 0.2) is 65.8 Å². The van der Waals surface area contributed by atoms with Crippen LogP contribution in [0.3, 0.4) is 0 Å². The molecule has 0 amide bonds. The van der Waals surface area contributed by atoms with E-state index < -0.39 is 17.6 Å². The Hall–Kier alpha value is -3.58. The van der Waals surface area contributed by atoms with Crippen molar-refractivity contribution in [1.82, 2.24) is 5.32 Å². The number of nitrogens with zero attached hydrogens (tertiary/aromatic N) is 1. The Labute approximate surface area is 210 Å². The number of carboxylic acids is 1. The van der Waals surface area contributed by atoms with Crippen molar-refractivity contribution >= 4 is 11.7 Å². The van der Waals surface area contributed by atoms with Crippen molar-refractivity contribution < 1.29 is 23.5 Å². The Kier molecular flexibility index (Phi) is 9.70. The zero-order valence-electron chi connectivity index (χ0n) is 20.9. The van der Waals surface area contributed by atoms with Gasteiger partial charge in [0.15, 0.2) is 0 Å². The van der Waals surface area contributed by atoms with Crippen LogP contribution < -0.4 is 5.32 Å². The van der Waals surface area contributed by atoms with Gasteiger partial charge >= 0.3 is 5.97 Å². The van der Waals surface area contributed by atoms with E-state index in [1.54, 1.807) is 6.92 Å². The number of hydrogen-bond acceptors (Lipinski definition) is 4. The van der Waals surface area contributed by atoms with E-state index in [0.29, 0.717) is 30.8 Å². The lowest BCUT2D eigenvalue weighted by molar-refractivity contribution is -0.136. The molecular formula is C29H32F2N2O3. The Morgan fingerprint density at radius 3 is 2.22 bits per heavy atom. The van der Waals surface area contributed by atoms with Crippen LogP contribution in [0.2, 0.25) is 0 Å². The van der Waals surface area contributed by atoms with Crippen molar-refractivity contribution in [2.75, 3.05) is 6.54 Å². The first-order valence-electron chi connectivity index (χ1n) is 11.9. The van der Waals surface area contributed by atoms with E-state index in [2.05, 4.69) is 16.5 Å². The van der Waals surface area contributed by atoms with Crippen LogP contribution >= 0.6 is 0 Å². The maximum atomic E-state index is 14.0. The maximum absolute atomic E-state index is 14.0. The molecule has 2 N–H and O–H groups in total. The zero-order chi connectivity index (χ0) is 26.1. The molecule has 0 saturated carbocycles. The molecular weight excluding hydrogens is 462 g/mol. The summed E-state index contributed by atoms with van der Waals surface area (Å²) >= 11 is 0. The van der Waals surface area contributed by atoms with Crippen molar-refractivity contribution in [1.29, 1.82) is 0 Å². The number of aryl methyl sites for hydroxylation is 2. The van der Waals surface area contributed by atoms with Gasteiger partial charge in [-0.05, 0) is 72.7 Å². The largest absolute Gasteiger partial charge is 0.481 e. The zero-order valence-corrected chi connectivity index (χ0v) is 20.9. The Balaban J connectivity index is 1.68. The average molecular weight is 495 g/mol. The molecule has 0 spiro atoms. The smallest absolute Gasteiger partial charge is 0.304 e. The number of carboxylic acid groups (broad SMARTS) is 1. The lowest BCUT2D eigenvalue weighted by Gasteiger charge is -2.18. The van der Waals surface area contributed by atoms with Gasteiger partial charge in [0.1, 0.15) is 18.2 Å². The molecule has 0 saturated heterocycles. The fourth-order valence-corrected chi connectivity index (χ4v) is 3.90. The summed E-state index contributed by atoms with van der Waals surface area (Å²) in [6.07, 6.45) is 0.613. The minimum atomic E-state index is -0.829. The van der Waals surface area contributed by atoms with Gasteiger partial charge in [-0.25, -0.2) is 8.78 Å². The number of benzene rings is 3. The monoisotopic (exact) mass is 494 g/mol. The van der Waals surface area contributed by atoms with Gasteiger partial charge in [-0.2, -0.15) is 0 Å². The van der Waals surface area contributed by atoms with Crippen molar-refractivity contribution in [2.24, 2.45) is 5.16 Å². The van der Waals surface area contributed by atoms with Gasteiger partial charge < -0.3 is 15.3 Å². The van der Waals surface area contributed by atoms with Crippen molar-refractivity contribution in [3.05, 3.63) is 106 Å². The van der Waals surface area contributed by atoms with E-state index in [1.807, 2.05) is 50.2 Å². The van der Waals surface area contributed by atoms with Crippen molar-refractivity contribution in [3.63, 3.8) is 0 Å². The molecule has 0 aliphatic heterocycles. The molecule has 3 rings (SSSR count). The Morgan fingerprint density at radius 2 is 1.58 bits per heavy atom. The summed E-state index contributed by atoms with van der Waals surface area (Å²) in [5.74, 6) is -2.43. The van der Waals surface area contributed by atoms with Crippen molar-refractivity contribution in [2.45, 2.75) is 52.7 Å². The van der Waals surface area contributed by atoms with Crippen molar-refractivity contribution in [3.8, 4) is 0 Å². The predicted molar refractivity (Wildman–Crippen MR) is 137 cm³/mol. The molecule has 0 fully saturated rings. The topological polar surface area (TPSA) is 70.9 Å². The van der Waals surface area contributed by atoms with Crippen LogP contribution in [-0.2, 0) is 29.2 Å². The van der Waals surface area contributed by atoms with Gasteiger partial charge in [0.2, 0.25) is 0 Å². The lowest BCUT2D eigenvalue weighted by atomic mass is 9.87. The normalized spacial score (nSPS) is 12.4. The molecule has 0 heterocycles. The number of carbonyl (C=O) groups is 1. The molecule has 5 nitrogen and oxygen atoms in total. The highest BCUT2D eigenvalue weighted by Crippen LogP contribution is 2.26. The van der Waals surface area contributed by atoms with Crippen LogP contribution in [0, 0.1) is 25.5 Å². The molecule has 3 aromatic rings. The SMILES string of the molecule is C/C(=N\OCc1ccc(CNCCC(=O)O)cc1)C(Cc1ccc(C)c(C)c1)c1cc(F)cc(F)c1. The fraction of sp³-hybridized carbons (Fsp3) is 0.310. The molecule has 0 aliphatic carbocycles. The summed E-state index contributed by atoms with van der Waals surface area (Å²) < 4.78 is 28.0. The molecule has 0 aliphatic rings. The first-order chi connectivity index (χ1) is 17.2. The minimum Gasteiger partial charge on any atom is -0.481 e. The second-order valence-corrected chi connectivity index (χ2v) is 9.02. The van der Waals surface area contributed by atoms with Crippen LogP contribution in [0.4, 0.5) is 8.78 Å². The van der Waals surface area contributed by atoms with Gasteiger partial charge in [0.25, 0.3) is 0 Å². The molecule has 0 radical (unpaired) electrons. The summed E-state index contributed by atoms with van der Waals surface area (Å²) in [7, 11) is 0. The van der Waals surface area contributed by atoms with E-state index in [4.69, 9.17) is 9.94 Å². The summed E-state index contributed by atoms with van der Waals surface area (Å²) in [6.45, 7) is 7.12. The minimum absolute atomic E-state index is 0.0794. The van der Waals surface area contributed by atoms with Crippen LogP contribution in [0.5, 0.6) is 0 Å². The average Bonchev–Trinajstić information content (AvgIpc) is 2.82. The van der Waals surface area contributed by atoms with E-state index in [-0.39, 0.29) is 18.9 Å². The summed E-state index contributed by atoms with van der Waals surface area (Å²) in [5, 5.41) is 16.1. The number of hydrogen-bond donors (Lipinski definition) is 2. The van der Waals surface area contributed by atoms with E-state index in [0.717, 1.165) is 28.3 Å². The van der Waals surface area contributed by atoms with E-state index >= 15 is 0 Å². The molecule has 3 aromatic carbocycles. The second kappa shape index (κ2) is 12.9. The highest BCUT2D eigenvalue weighted by Gasteiger charge is 2.19. The van der Waals surface area contributed by atoms with Gasteiger partial charge in [-0.3, -0.25) is 4.79 Å². The van der Waals surface area contributed by atoms with Crippen LogP contribution in [0.25, 0.3) is 0 Å². The summed E-state index contributed by atoms with van der Waals surface area (Å²) in [5.41, 5.74) is 6.47. The molecule has 7 heteroatoms. The summed E-state index contributed by atoms with van der Waals surface area (Å²) in [4.78, 5) is 16.2. The molecule has 36 heavy (non-hydrogen) atoms. The second-order valence-electron chi connectivity index (χ2n) is 9.02. The van der Waals surface area contributed by atoms with E-state index in [1.165, 1.54) is 17.7 Å². The maximum Gasteiger partial charge on any atom is 0.304 e. The third-order valence-corrected chi connectivity index (χ3v) is 6.11. The first kappa shape index (κ1) is 27.0. The standard InChI is InChI=1S/C29H32F2N2O3/c1-19-4-5-24(12-20(19)2)13-28(25-14-26(30)16-27(31)15-25)21(3)33-36-18-23-8-6-22(7-9-23)17-32-11-10-29(34)35/h4-9,12,14-16,28,32H,10-11,13,17-18H2,1-3H3,(H,34,35)/b33-21+. The third-order valence-electron chi connectivity index (χ3n) is 6.11. The fourth-order valence-electron chi connectivity index (χ4n) is 3.90. The Morgan fingerprint density at radius 1 is 0.944 bits per heavy atom. The van der Waals surface area contributed by atoms with Crippen LogP contribution in [-0.4, -0.2) is 23.3 Å². The number of aliphatic carboxylic acids is 1. The molecule has 190 valence electrons. The highest BCUT2D eigenvalue weighted by atomic mass is 19.1. The van der Waals surface area contributed by atoms with Gasteiger partial charge in [-0.1, -0.05) is 47.6 Å².